The molecule has 0 aromatic carbocycles. The van der Waals surface area contributed by atoms with Crippen LogP contribution in [0.5, 0.6) is 0 Å². The predicted molar refractivity (Wildman–Crippen MR) is 34.2 cm³/mol. The highest BCUT2D eigenvalue weighted by Crippen LogP contribution is 2.25. The van der Waals surface area contributed by atoms with Crippen molar-refractivity contribution in [2.24, 2.45) is 0 Å². The maximum absolute atomic E-state index is 10.00. The highest BCUT2D eigenvalue weighted by Gasteiger charge is 2.07. The Morgan fingerprint density at radius 1 is 1.67 bits per heavy atom. The third kappa shape index (κ3) is 1.88. The van der Waals surface area contributed by atoms with E-state index in [4.69, 9.17) is 5.11 Å². The molecule has 0 bridgehead atoms. The summed E-state index contributed by atoms with van der Waals surface area (Å²) >= 11 is 0. The molecule has 0 spiro atoms. The first-order valence-electron chi connectivity index (χ1n) is 3.19. The minimum atomic E-state index is -0.727. The average Bonchev–Trinajstić information content (AvgIpc) is 1.60. The molecule has 1 aliphatic carbocycles. The van der Waals surface area contributed by atoms with Gasteiger partial charge in [0.1, 0.15) is 0 Å². The van der Waals surface area contributed by atoms with Crippen LogP contribution in [0.3, 0.4) is 0 Å². The third-order valence-electron chi connectivity index (χ3n) is 1.56. The Hall–Kier alpha value is -0.790. The third-order valence-corrected chi connectivity index (χ3v) is 1.56. The van der Waals surface area contributed by atoms with Gasteiger partial charge in [0.15, 0.2) is 0 Å². The van der Waals surface area contributed by atoms with Crippen molar-refractivity contribution in [2.45, 2.75) is 25.7 Å². The number of hydrogen-bond acceptors (Lipinski definition) is 1. The number of aliphatic carboxylic acids is 1. The molecule has 0 aliphatic heterocycles. The van der Waals surface area contributed by atoms with Crippen LogP contribution in [0.15, 0.2) is 11.6 Å². The first-order valence-corrected chi connectivity index (χ1v) is 3.19. The SMILES string of the molecule is O=C(O)CC=C1CCC1. The standard InChI is InChI=1S/C7H10O2/c8-7(9)5-4-6-2-1-3-6/h4H,1-3,5H2,(H,8,9). The second-order valence-corrected chi connectivity index (χ2v) is 2.31. The van der Waals surface area contributed by atoms with Crippen LogP contribution in [0.25, 0.3) is 0 Å². The monoisotopic (exact) mass is 126 g/mol. The second kappa shape index (κ2) is 2.67. The fourth-order valence-corrected chi connectivity index (χ4v) is 0.817. The highest BCUT2D eigenvalue weighted by molar-refractivity contribution is 5.68. The van der Waals surface area contributed by atoms with Crippen LogP contribution in [-0.2, 0) is 4.79 Å². The van der Waals surface area contributed by atoms with Crippen molar-refractivity contribution >= 4 is 5.97 Å². The van der Waals surface area contributed by atoms with Gasteiger partial charge in [-0.25, -0.2) is 0 Å². The van der Waals surface area contributed by atoms with Crippen molar-refractivity contribution in [1.29, 1.82) is 0 Å². The fraction of sp³-hybridized carbons (Fsp3) is 0.571. The number of carboxylic acids is 1. The Morgan fingerprint density at radius 2 is 2.33 bits per heavy atom. The quantitative estimate of drug-likeness (QED) is 0.570. The minimum Gasteiger partial charge on any atom is -0.481 e. The van der Waals surface area contributed by atoms with Crippen LogP contribution in [0.2, 0.25) is 0 Å². The number of carbonyl (C=O) groups is 1. The van der Waals surface area contributed by atoms with E-state index in [1.807, 2.05) is 6.08 Å². The first-order chi connectivity index (χ1) is 4.29. The highest BCUT2D eigenvalue weighted by atomic mass is 16.4. The largest absolute Gasteiger partial charge is 0.481 e. The second-order valence-electron chi connectivity index (χ2n) is 2.31. The van der Waals surface area contributed by atoms with Crippen LogP contribution in [0, 0.1) is 0 Å². The van der Waals surface area contributed by atoms with E-state index in [1.165, 1.54) is 12.0 Å². The zero-order chi connectivity index (χ0) is 6.69. The maximum atomic E-state index is 10.00. The summed E-state index contributed by atoms with van der Waals surface area (Å²) in [7, 11) is 0. The summed E-state index contributed by atoms with van der Waals surface area (Å²) in [5.74, 6) is -0.727. The van der Waals surface area contributed by atoms with E-state index in [2.05, 4.69) is 0 Å². The molecular formula is C7H10O2. The van der Waals surface area contributed by atoms with E-state index in [-0.39, 0.29) is 6.42 Å². The van der Waals surface area contributed by atoms with Crippen LogP contribution in [0.4, 0.5) is 0 Å². The zero-order valence-electron chi connectivity index (χ0n) is 5.26. The van der Waals surface area contributed by atoms with Crippen LogP contribution >= 0.6 is 0 Å². The molecule has 0 aromatic heterocycles. The lowest BCUT2D eigenvalue weighted by Crippen LogP contribution is -1.98. The van der Waals surface area contributed by atoms with Gasteiger partial charge < -0.3 is 5.11 Å². The summed E-state index contributed by atoms with van der Waals surface area (Å²) in [6.45, 7) is 0. The molecule has 1 aliphatic rings. The molecule has 1 rings (SSSR count). The van der Waals surface area contributed by atoms with Gasteiger partial charge in [-0.05, 0) is 19.3 Å². The van der Waals surface area contributed by atoms with E-state index in [9.17, 15) is 4.79 Å². The van der Waals surface area contributed by atoms with Crippen molar-refractivity contribution in [3.8, 4) is 0 Å². The summed E-state index contributed by atoms with van der Waals surface area (Å²) in [5, 5.41) is 8.24. The molecule has 1 saturated carbocycles. The number of hydrogen-bond donors (Lipinski definition) is 1. The van der Waals surface area contributed by atoms with E-state index in [1.54, 1.807) is 0 Å². The zero-order valence-corrected chi connectivity index (χ0v) is 5.26. The molecule has 0 aromatic rings. The minimum absolute atomic E-state index is 0.204. The van der Waals surface area contributed by atoms with Crippen molar-refractivity contribution in [3.05, 3.63) is 11.6 Å². The lowest BCUT2D eigenvalue weighted by atomic mass is 9.92. The molecule has 0 atom stereocenters. The molecule has 50 valence electrons. The number of rotatable bonds is 2. The first kappa shape index (κ1) is 6.33. The van der Waals surface area contributed by atoms with E-state index in [0.717, 1.165) is 12.8 Å². The molecule has 1 fully saturated rings. The Balaban J connectivity index is 2.22. The summed E-state index contributed by atoms with van der Waals surface area (Å²) in [6.07, 6.45) is 5.51. The average molecular weight is 126 g/mol. The molecule has 0 heterocycles. The Bertz CT molecular complexity index is 141. The van der Waals surface area contributed by atoms with Gasteiger partial charge in [-0.2, -0.15) is 0 Å². The van der Waals surface area contributed by atoms with E-state index >= 15 is 0 Å². The number of carboxylic acid groups (broad SMARTS) is 1. The van der Waals surface area contributed by atoms with Crippen molar-refractivity contribution < 1.29 is 9.90 Å². The Kier molecular flexibility index (Phi) is 1.88. The molecule has 0 saturated heterocycles. The molecule has 1 N–H and O–H groups in total. The maximum Gasteiger partial charge on any atom is 0.307 e. The summed E-state index contributed by atoms with van der Waals surface area (Å²) < 4.78 is 0. The molecule has 0 radical (unpaired) electrons. The van der Waals surface area contributed by atoms with Crippen LogP contribution in [0.1, 0.15) is 25.7 Å². The van der Waals surface area contributed by atoms with Gasteiger partial charge in [-0.3, -0.25) is 4.79 Å². The molecule has 2 nitrogen and oxygen atoms in total. The van der Waals surface area contributed by atoms with E-state index in [0.29, 0.717) is 0 Å². The van der Waals surface area contributed by atoms with Crippen LogP contribution < -0.4 is 0 Å². The predicted octanol–water partition coefficient (Wildman–Crippen LogP) is 1.57. The van der Waals surface area contributed by atoms with Crippen molar-refractivity contribution in [2.75, 3.05) is 0 Å². The smallest absolute Gasteiger partial charge is 0.307 e. The van der Waals surface area contributed by atoms with Gasteiger partial charge in [-0.15, -0.1) is 0 Å². The Morgan fingerprint density at radius 3 is 2.67 bits per heavy atom. The van der Waals surface area contributed by atoms with Gasteiger partial charge in [0.25, 0.3) is 0 Å². The lowest BCUT2D eigenvalue weighted by molar-refractivity contribution is -0.136. The topological polar surface area (TPSA) is 37.3 Å². The molecule has 9 heavy (non-hydrogen) atoms. The van der Waals surface area contributed by atoms with Crippen LogP contribution in [-0.4, -0.2) is 11.1 Å². The number of allylic oxidation sites excluding steroid dienone is 1. The van der Waals surface area contributed by atoms with Crippen molar-refractivity contribution in [1.82, 2.24) is 0 Å². The van der Waals surface area contributed by atoms with Gasteiger partial charge in [-0.1, -0.05) is 11.6 Å². The summed E-state index contributed by atoms with van der Waals surface area (Å²) in [4.78, 5) is 10.00. The van der Waals surface area contributed by atoms with Gasteiger partial charge in [0, 0.05) is 0 Å². The fourth-order valence-electron chi connectivity index (χ4n) is 0.817. The summed E-state index contributed by atoms with van der Waals surface area (Å²) in [6, 6.07) is 0. The van der Waals surface area contributed by atoms with E-state index < -0.39 is 5.97 Å². The molecule has 2 heteroatoms. The molecular weight excluding hydrogens is 116 g/mol. The Labute approximate surface area is 54.2 Å². The summed E-state index contributed by atoms with van der Waals surface area (Å²) in [5.41, 5.74) is 1.32. The van der Waals surface area contributed by atoms with Gasteiger partial charge >= 0.3 is 5.97 Å². The van der Waals surface area contributed by atoms with Crippen molar-refractivity contribution in [3.63, 3.8) is 0 Å². The molecule has 0 amide bonds. The van der Waals surface area contributed by atoms with Gasteiger partial charge in [0.2, 0.25) is 0 Å². The lowest BCUT2D eigenvalue weighted by Gasteiger charge is -2.14. The molecule has 0 unspecified atom stereocenters. The normalized spacial score (nSPS) is 16.7. The van der Waals surface area contributed by atoms with Gasteiger partial charge in [0.05, 0.1) is 6.42 Å².